The summed E-state index contributed by atoms with van der Waals surface area (Å²) in [6.07, 6.45) is 33.3. The van der Waals surface area contributed by atoms with Gasteiger partial charge in [0.2, 0.25) is 0 Å². The van der Waals surface area contributed by atoms with Gasteiger partial charge < -0.3 is 64.2 Å². The zero-order valence-electron chi connectivity index (χ0n) is 46.3. The van der Waals surface area contributed by atoms with Crippen LogP contribution >= 0.6 is 0 Å². The summed E-state index contributed by atoms with van der Waals surface area (Å²) in [5, 5.41) is 72.3. The molecule has 0 spiro atoms. The molecule has 2 heterocycles. The fourth-order valence-electron chi connectivity index (χ4n) is 9.50. The van der Waals surface area contributed by atoms with Crippen LogP contribution in [0.5, 0.6) is 0 Å². The Morgan fingerprint density at radius 1 is 0.419 bits per heavy atom. The van der Waals surface area contributed by atoms with Crippen LogP contribution in [0.25, 0.3) is 0 Å². The monoisotopic (exact) mass is 1060 g/mol. The lowest BCUT2D eigenvalue weighted by atomic mass is 9.98. The SMILES string of the molecule is CCCCCCCC/C=C/CCCCCCCCCCCC(=O)OC[C@@H](CO[C@@H]1O[C@H](CO[C@@H]2O[C@H](CO)[C@H](O)C(O)C2O)[C@H](O)C(O)C1O)OC(=O)CCCCCCCCCCC/C=C/CCCCCCCC. The number of aliphatic hydroxyl groups is 7. The molecule has 434 valence electrons. The molecule has 74 heavy (non-hydrogen) atoms. The van der Waals surface area contributed by atoms with Gasteiger partial charge in [0.25, 0.3) is 0 Å². The molecule has 4 unspecified atom stereocenters. The first-order valence-electron chi connectivity index (χ1n) is 29.9. The molecular formula is C59H108O15. The fourth-order valence-corrected chi connectivity index (χ4v) is 9.50. The van der Waals surface area contributed by atoms with Gasteiger partial charge in [-0.3, -0.25) is 9.59 Å². The highest BCUT2D eigenvalue weighted by molar-refractivity contribution is 5.70. The Balaban J connectivity index is 1.74. The normalized spacial score (nSPS) is 24.8. The standard InChI is InChI=1S/C59H108O15/c1-3-5-7-9-11-13-15-17-19-21-23-25-27-29-31-33-35-37-39-41-50(61)69-44-47(72-51(62)42-40-38-36-34-32-30-28-26-24-22-20-18-16-14-12-10-8-6-4-2)45-70-58-57(68)55(66)53(64)49(74-58)46-71-59-56(67)54(65)52(63)48(43-60)73-59/h17-20,47-49,52-60,63-68H,3-16,21-46H2,1-2H3/b19-17+,20-18+/t47-,48+,49+,52-,53-,54?,55?,56?,57?,58+,59+/m0/s1. The van der Waals surface area contributed by atoms with E-state index in [1.807, 2.05) is 0 Å². The smallest absolute Gasteiger partial charge is 0.306 e. The fraction of sp³-hybridized carbons (Fsp3) is 0.898. The van der Waals surface area contributed by atoms with E-state index < -0.39 is 92.7 Å². The van der Waals surface area contributed by atoms with Crippen LogP contribution in [0.15, 0.2) is 24.3 Å². The Morgan fingerprint density at radius 3 is 1.19 bits per heavy atom. The molecule has 0 aromatic rings. The van der Waals surface area contributed by atoms with Crippen molar-refractivity contribution in [2.45, 2.75) is 313 Å². The average molecular weight is 1060 g/mol. The van der Waals surface area contributed by atoms with E-state index in [0.29, 0.717) is 12.8 Å². The van der Waals surface area contributed by atoms with Crippen LogP contribution < -0.4 is 0 Å². The van der Waals surface area contributed by atoms with Crippen LogP contribution in [0.4, 0.5) is 0 Å². The number of rotatable bonds is 48. The summed E-state index contributed by atoms with van der Waals surface area (Å²) < 4.78 is 33.7. The summed E-state index contributed by atoms with van der Waals surface area (Å²) in [6, 6.07) is 0. The molecule has 2 saturated heterocycles. The summed E-state index contributed by atoms with van der Waals surface area (Å²) in [7, 11) is 0. The Labute approximate surface area is 447 Å². The van der Waals surface area contributed by atoms with Crippen molar-refractivity contribution >= 4 is 11.9 Å². The molecule has 0 aromatic heterocycles. The van der Waals surface area contributed by atoms with Crippen LogP contribution in [0.1, 0.15) is 245 Å². The maximum atomic E-state index is 13.1. The predicted octanol–water partition coefficient (Wildman–Crippen LogP) is 10.3. The molecule has 0 saturated carbocycles. The third kappa shape index (κ3) is 32.7. The molecule has 0 amide bonds. The number of hydrogen-bond donors (Lipinski definition) is 7. The predicted molar refractivity (Wildman–Crippen MR) is 289 cm³/mol. The molecular weight excluding hydrogens is 949 g/mol. The van der Waals surface area contributed by atoms with E-state index in [4.69, 9.17) is 28.4 Å². The van der Waals surface area contributed by atoms with Gasteiger partial charge in [0.05, 0.1) is 19.8 Å². The van der Waals surface area contributed by atoms with Crippen molar-refractivity contribution in [3.63, 3.8) is 0 Å². The summed E-state index contributed by atoms with van der Waals surface area (Å²) in [4.78, 5) is 25.9. The Bertz CT molecular complexity index is 1380. The van der Waals surface area contributed by atoms with Gasteiger partial charge in [-0.05, 0) is 64.2 Å². The number of carbonyl (C=O) groups excluding carboxylic acids is 2. The summed E-state index contributed by atoms with van der Waals surface area (Å²) in [5.74, 6) is -0.918. The van der Waals surface area contributed by atoms with Crippen LogP contribution in [-0.4, -0.2) is 142 Å². The third-order valence-electron chi connectivity index (χ3n) is 14.4. The second-order valence-electron chi connectivity index (χ2n) is 21.2. The van der Waals surface area contributed by atoms with Crippen molar-refractivity contribution in [2.75, 3.05) is 26.4 Å². The zero-order chi connectivity index (χ0) is 53.9. The molecule has 2 aliphatic heterocycles. The number of hydrogen-bond acceptors (Lipinski definition) is 15. The van der Waals surface area contributed by atoms with Crippen LogP contribution in [0.3, 0.4) is 0 Å². The number of esters is 2. The van der Waals surface area contributed by atoms with Crippen LogP contribution in [0, 0.1) is 0 Å². The second-order valence-corrected chi connectivity index (χ2v) is 21.2. The van der Waals surface area contributed by atoms with E-state index >= 15 is 0 Å². The van der Waals surface area contributed by atoms with Gasteiger partial charge in [0, 0.05) is 12.8 Å². The van der Waals surface area contributed by atoms with E-state index in [-0.39, 0.29) is 26.1 Å². The largest absolute Gasteiger partial charge is 0.462 e. The molecule has 0 aliphatic carbocycles. The summed E-state index contributed by atoms with van der Waals surface area (Å²) in [5.41, 5.74) is 0. The molecule has 15 heteroatoms. The molecule has 2 aliphatic rings. The molecule has 7 N–H and O–H groups in total. The zero-order valence-corrected chi connectivity index (χ0v) is 46.3. The lowest BCUT2D eigenvalue weighted by molar-refractivity contribution is -0.332. The molecule has 15 nitrogen and oxygen atoms in total. The maximum Gasteiger partial charge on any atom is 0.306 e. The van der Waals surface area contributed by atoms with Gasteiger partial charge in [-0.15, -0.1) is 0 Å². The minimum atomic E-state index is -1.76. The van der Waals surface area contributed by atoms with Gasteiger partial charge >= 0.3 is 11.9 Å². The van der Waals surface area contributed by atoms with E-state index in [1.54, 1.807) is 0 Å². The first kappa shape index (κ1) is 68.1. The second kappa shape index (κ2) is 45.9. The molecule has 2 fully saturated rings. The molecule has 0 aromatic carbocycles. The highest BCUT2D eigenvalue weighted by Gasteiger charge is 2.47. The maximum absolute atomic E-state index is 13.1. The van der Waals surface area contributed by atoms with Crippen molar-refractivity contribution in [2.24, 2.45) is 0 Å². The molecule has 2 rings (SSSR count). The van der Waals surface area contributed by atoms with E-state index in [9.17, 15) is 45.3 Å². The first-order chi connectivity index (χ1) is 36.0. The topological polar surface area (TPSA) is 231 Å². The number of aliphatic hydroxyl groups excluding tert-OH is 7. The number of ether oxygens (including phenoxy) is 6. The number of unbranched alkanes of at least 4 members (excludes halogenated alkanes) is 30. The van der Waals surface area contributed by atoms with Gasteiger partial charge in [0.1, 0.15) is 55.4 Å². The lowest BCUT2D eigenvalue weighted by Crippen LogP contribution is -2.61. The Kier molecular flexibility index (Phi) is 42.3. The van der Waals surface area contributed by atoms with Crippen molar-refractivity contribution < 1.29 is 73.8 Å². The Hall–Kier alpha value is -2.02. The van der Waals surface area contributed by atoms with Crippen molar-refractivity contribution in [3.05, 3.63) is 24.3 Å². The first-order valence-corrected chi connectivity index (χ1v) is 29.9. The lowest BCUT2D eigenvalue weighted by Gasteiger charge is -2.42. The summed E-state index contributed by atoms with van der Waals surface area (Å²) in [6.45, 7) is 2.62. The number of carbonyl (C=O) groups is 2. The van der Waals surface area contributed by atoms with Gasteiger partial charge in [-0.2, -0.15) is 0 Å². The van der Waals surface area contributed by atoms with Crippen molar-refractivity contribution in [1.82, 2.24) is 0 Å². The Morgan fingerprint density at radius 2 is 0.770 bits per heavy atom. The third-order valence-corrected chi connectivity index (χ3v) is 14.4. The van der Waals surface area contributed by atoms with Crippen molar-refractivity contribution in [1.29, 1.82) is 0 Å². The summed E-state index contributed by atoms with van der Waals surface area (Å²) >= 11 is 0. The van der Waals surface area contributed by atoms with Gasteiger partial charge in [-0.1, -0.05) is 192 Å². The highest BCUT2D eigenvalue weighted by atomic mass is 16.7. The minimum absolute atomic E-state index is 0.165. The van der Waals surface area contributed by atoms with E-state index in [0.717, 1.165) is 44.9 Å². The van der Waals surface area contributed by atoms with Gasteiger partial charge in [0.15, 0.2) is 18.7 Å². The molecule has 11 atom stereocenters. The average Bonchev–Trinajstić information content (AvgIpc) is 3.39. The van der Waals surface area contributed by atoms with Crippen LogP contribution in [-0.2, 0) is 38.0 Å². The van der Waals surface area contributed by atoms with Gasteiger partial charge in [-0.25, -0.2) is 0 Å². The molecule has 0 radical (unpaired) electrons. The quantitative estimate of drug-likeness (QED) is 0.0171. The van der Waals surface area contributed by atoms with Crippen LogP contribution in [0.2, 0.25) is 0 Å². The van der Waals surface area contributed by atoms with E-state index in [1.165, 1.54) is 161 Å². The molecule has 0 bridgehead atoms. The minimum Gasteiger partial charge on any atom is -0.462 e. The van der Waals surface area contributed by atoms with Crippen molar-refractivity contribution in [3.8, 4) is 0 Å². The van der Waals surface area contributed by atoms with E-state index in [2.05, 4.69) is 38.2 Å². The number of allylic oxidation sites excluding steroid dienone is 4. The highest BCUT2D eigenvalue weighted by Crippen LogP contribution is 2.27.